The Kier molecular flexibility index (Phi) is 5.70. The highest BCUT2D eigenvalue weighted by Gasteiger charge is 2.23. The number of pyridine rings is 1. The normalized spacial score (nSPS) is 13.9. The maximum atomic E-state index is 12.8. The lowest BCUT2D eigenvalue weighted by molar-refractivity contribution is 0.0746. The fourth-order valence-corrected chi connectivity index (χ4v) is 3.78. The van der Waals surface area contributed by atoms with Gasteiger partial charge in [0.25, 0.3) is 5.91 Å². The van der Waals surface area contributed by atoms with E-state index >= 15 is 0 Å². The number of nitrogens with zero attached hydrogens (tertiary/aromatic N) is 3. The molecule has 0 spiro atoms. The molecule has 3 aromatic rings. The number of hydrogen-bond acceptors (Lipinski definition) is 7. The molecule has 0 radical (unpaired) electrons. The number of anilines is 2. The fourth-order valence-electron chi connectivity index (χ4n) is 3.78. The van der Waals surface area contributed by atoms with Crippen molar-refractivity contribution in [3.8, 4) is 17.2 Å². The molecule has 8 nitrogen and oxygen atoms in total. The van der Waals surface area contributed by atoms with Crippen molar-refractivity contribution in [1.29, 1.82) is 0 Å². The van der Waals surface area contributed by atoms with Crippen LogP contribution in [0.25, 0.3) is 10.9 Å². The van der Waals surface area contributed by atoms with Crippen LogP contribution < -0.4 is 24.8 Å². The van der Waals surface area contributed by atoms with Gasteiger partial charge in [0.2, 0.25) is 0 Å². The van der Waals surface area contributed by atoms with Crippen LogP contribution in [0.5, 0.6) is 17.2 Å². The summed E-state index contributed by atoms with van der Waals surface area (Å²) in [5.41, 5.74) is 8.34. The van der Waals surface area contributed by atoms with Crippen molar-refractivity contribution >= 4 is 28.3 Å². The van der Waals surface area contributed by atoms with Crippen molar-refractivity contribution in [1.82, 2.24) is 9.88 Å². The monoisotopic (exact) mass is 422 g/mol. The number of benzene rings is 2. The Morgan fingerprint density at radius 1 is 0.903 bits per heavy atom. The minimum absolute atomic E-state index is 0.0186. The van der Waals surface area contributed by atoms with E-state index in [0.29, 0.717) is 48.9 Å². The topological polar surface area (TPSA) is 90.2 Å². The molecule has 0 saturated carbocycles. The van der Waals surface area contributed by atoms with Crippen molar-refractivity contribution in [2.45, 2.75) is 0 Å². The van der Waals surface area contributed by atoms with E-state index < -0.39 is 0 Å². The minimum atomic E-state index is 0.0186. The predicted molar refractivity (Wildman–Crippen MR) is 120 cm³/mol. The summed E-state index contributed by atoms with van der Waals surface area (Å²) in [5.74, 6) is 2.75. The van der Waals surface area contributed by atoms with Gasteiger partial charge in [-0.3, -0.25) is 4.79 Å². The molecule has 162 valence electrons. The second kappa shape index (κ2) is 8.59. The van der Waals surface area contributed by atoms with Crippen LogP contribution in [0.2, 0.25) is 0 Å². The van der Waals surface area contributed by atoms with E-state index in [2.05, 4.69) is 4.90 Å². The molecule has 0 bridgehead atoms. The smallest absolute Gasteiger partial charge is 0.253 e. The first-order valence-corrected chi connectivity index (χ1v) is 10.0. The highest BCUT2D eigenvalue weighted by molar-refractivity contribution is 5.95. The van der Waals surface area contributed by atoms with Crippen LogP contribution in [0.15, 0.2) is 42.5 Å². The van der Waals surface area contributed by atoms with Gasteiger partial charge in [-0.2, -0.15) is 0 Å². The van der Waals surface area contributed by atoms with Crippen molar-refractivity contribution < 1.29 is 19.0 Å². The van der Waals surface area contributed by atoms with E-state index in [4.69, 9.17) is 24.9 Å². The van der Waals surface area contributed by atoms with E-state index in [1.54, 1.807) is 45.6 Å². The summed E-state index contributed by atoms with van der Waals surface area (Å²) >= 11 is 0. The summed E-state index contributed by atoms with van der Waals surface area (Å²) in [6, 6.07) is 12.7. The van der Waals surface area contributed by atoms with Crippen molar-refractivity contribution in [3.63, 3.8) is 0 Å². The lowest BCUT2D eigenvalue weighted by atomic mass is 10.1. The van der Waals surface area contributed by atoms with Crippen molar-refractivity contribution in [3.05, 3.63) is 48.0 Å². The number of methoxy groups -OCH3 is 3. The van der Waals surface area contributed by atoms with Crippen LogP contribution in [0, 0.1) is 0 Å². The van der Waals surface area contributed by atoms with E-state index in [9.17, 15) is 4.79 Å². The molecule has 4 rings (SSSR count). The van der Waals surface area contributed by atoms with E-state index in [1.807, 2.05) is 23.1 Å². The number of carbonyl (C=O) groups excluding carboxylic acids is 1. The Balaban J connectivity index is 1.50. The summed E-state index contributed by atoms with van der Waals surface area (Å²) in [4.78, 5) is 21.6. The van der Waals surface area contributed by atoms with Crippen LogP contribution in [0.4, 0.5) is 11.5 Å². The quantitative estimate of drug-likeness (QED) is 0.676. The number of amides is 1. The summed E-state index contributed by atoms with van der Waals surface area (Å²) in [6.45, 7) is 2.56. The molecule has 0 unspecified atom stereocenters. The third-order valence-electron chi connectivity index (χ3n) is 5.56. The van der Waals surface area contributed by atoms with Gasteiger partial charge in [0.15, 0.2) is 11.5 Å². The number of ether oxygens (including phenoxy) is 3. The average Bonchev–Trinajstić information content (AvgIpc) is 2.82. The van der Waals surface area contributed by atoms with Gasteiger partial charge in [-0.05, 0) is 30.3 Å². The van der Waals surface area contributed by atoms with Gasteiger partial charge in [-0.1, -0.05) is 0 Å². The minimum Gasteiger partial charge on any atom is -0.497 e. The zero-order valence-corrected chi connectivity index (χ0v) is 17.9. The third kappa shape index (κ3) is 4.01. The first-order valence-electron chi connectivity index (χ1n) is 10.0. The molecule has 1 aromatic heterocycles. The fraction of sp³-hybridized carbons (Fsp3) is 0.304. The number of fused-ring (bicyclic) bond motifs is 1. The number of piperazine rings is 1. The van der Waals surface area contributed by atoms with Gasteiger partial charge in [0, 0.05) is 54.9 Å². The number of nitrogen functional groups attached to an aromatic ring is 1. The van der Waals surface area contributed by atoms with Crippen LogP contribution in [-0.4, -0.2) is 63.3 Å². The molecular formula is C23H26N4O4. The van der Waals surface area contributed by atoms with E-state index in [-0.39, 0.29) is 5.91 Å². The molecule has 8 heteroatoms. The van der Waals surface area contributed by atoms with Crippen molar-refractivity contribution in [2.24, 2.45) is 0 Å². The van der Waals surface area contributed by atoms with Gasteiger partial charge in [0.1, 0.15) is 11.6 Å². The number of rotatable bonds is 5. The zero-order valence-electron chi connectivity index (χ0n) is 17.9. The maximum absolute atomic E-state index is 12.8. The van der Waals surface area contributed by atoms with Crippen LogP contribution in [0.1, 0.15) is 10.4 Å². The van der Waals surface area contributed by atoms with Gasteiger partial charge >= 0.3 is 0 Å². The molecule has 1 fully saturated rings. The van der Waals surface area contributed by atoms with Crippen molar-refractivity contribution in [2.75, 3.05) is 58.1 Å². The largest absolute Gasteiger partial charge is 0.497 e. The highest BCUT2D eigenvalue weighted by atomic mass is 16.5. The summed E-state index contributed by atoms with van der Waals surface area (Å²) in [5, 5.41) is 0.815. The maximum Gasteiger partial charge on any atom is 0.253 e. The molecule has 1 aliphatic heterocycles. The Morgan fingerprint density at radius 3 is 2.16 bits per heavy atom. The molecule has 1 saturated heterocycles. The number of hydrogen-bond donors (Lipinski definition) is 1. The molecular weight excluding hydrogens is 396 g/mol. The van der Waals surface area contributed by atoms with Gasteiger partial charge in [-0.15, -0.1) is 0 Å². The first-order chi connectivity index (χ1) is 15.0. The number of nitrogens with two attached hydrogens (primary N) is 1. The molecule has 1 amide bonds. The van der Waals surface area contributed by atoms with E-state index in [1.165, 1.54) is 0 Å². The molecule has 2 aromatic carbocycles. The number of aromatic nitrogens is 1. The highest BCUT2D eigenvalue weighted by Crippen LogP contribution is 2.35. The van der Waals surface area contributed by atoms with Gasteiger partial charge < -0.3 is 29.7 Å². The molecule has 2 heterocycles. The second-order valence-electron chi connectivity index (χ2n) is 7.30. The van der Waals surface area contributed by atoms with Crippen LogP contribution in [0.3, 0.4) is 0 Å². The lowest BCUT2D eigenvalue weighted by Gasteiger charge is -2.35. The van der Waals surface area contributed by atoms with Crippen LogP contribution in [-0.2, 0) is 0 Å². The summed E-state index contributed by atoms with van der Waals surface area (Å²) in [7, 11) is 4.79. The molecule has 31 heavy (non-hydrogen) atoms. The average molecular weight is 422 g/mol. The Morgan fingerprint density at radius 2 is 1.55 bits per heavy atom. The standard InChI is InChI=1S/C23H26N4O4/c1-29-16-6-4-15(5-7-16)23(28)27-10-8-26(9-11-27)22-13-18(24)17-12-20(30-2)21(31-3)14-19(17)25-22/h4-7,12-14H,8-11H2,1-3H3,(H2,24,25). The second-order valence-corrected chi connectivity index (χ2v) is 7.30. The third-order valence-corrected chi connectivity index (χ3v) is 5.56. The summed E-state index contributed by atoms with van der Waals surface area (Å²) < 4.78 is 15.9. The predicted octanol–water partition coefficient (Wildman–Crippen LogP) is 2.81. The summed E-state index contributed by atoms with van der Waals surface area (Å²) in [6.07, 6.45) is 0. The Labute approximate surface area is 181 Å². The lowest BCUT2D eigenvalue weighted by Crippen LogP contribution is -2.49. The number of carbonyl (C=O) groups is 1. The molecule has 1 aliphatic rings. The molecule has 0 atom stereocenters. The Bertz CT molecular complexity index is 1090. The molecule has 2 N–H and O–H groups in total. The SMILES string of the molecule is COc1ccc(C(=O)N2CCN(c3cc(N)c4cc(OC)c(OC)cc4n3)CC2)cc1. The van der Waals surface area contributed by atoms with E-state index in [0.717, 1.165) is 22.5 Å². The zero-order chi connectivity index (χ0) is 22.0. The van der Waals surface area contributed by atoms with Crippen LogP contribution >= 0.6 is 0 Å². The molecule has 0 aliphatic carbocycles. The Hall–Kier alpha value is -3.68. The van der Waals surface area contributed by atoms with Gasteiger partial charge in [-0.25, -0.2) is 4.98 Å². The first kappa shape index (κ1) is 20.6. The van der Waals surface area contributed by atoms with Gasteiger partial charge in [0.05, 0.1) is 26.8 Å².